The average molecular weight is 624 g/mol. The summed E-state index contributed by atoms with van der Waals surface area (Å²) in [5.74, 6) is 0. The molecule has 0 fully saturated rings. The normalized spacial score (nSPS) is 13.2. The monoisotopic (exact) mass is 623 g/mol. The van der Waals surface area contributed by atoms with Gasteiger partial charge in [-0.2, -0.15) is 0 Å². The average Bonchev–Trinajstić information content (AvgIpc) is 3.82. The van der Waals surface area contributed by atoms with Gasteiger partial charge < -0.3 is 18.5 Å². The van der Waals surface area contributed by atoms with Gasteiger partial charge in [-0.05, 0) is 71.6 Å². The fourth-order valence-electron chi connectivity index (χ4n) is 9.06. The number of nitrogens with zero attached hydrogens (tertiary/aromatic N) is 3. The Morgan fingerprint density at radius 3 is 2.00 bits per heavy atom. The first-order chi connectivity index (χ1) is 24.4. The molecule has 0 amide bonds. The van der Waals surface area contributed by atoms with Crippen molar-refractivity contribution in [2.75, 3.05) is 4.90 Å². The van der Waals surface area contributed by atoms with E-state index >= 15 is 0 Å². The van der Waals surface area contributed by atoms with Crippen molar-refractivity contribution in [1.82, 2.24) is 9.13 Å². The summed E-state index contributed by atoms with van der Waals surface area (Å²) in [7, 11) is 0. The van der Waals surface area contributed by atoms with Crippen molar-refractivity contribution in [3.05, 3.63) is 158 Å². The van der Waals surface area contributed by atoms with Gasteiger partial charge in [-0.3, -0.25) is 0 Å². The first-order valence-electron chi connectivity index (χ1n) is 16.9. The second-order valence-corrected chi connectivity index (χ2v) is 13.2. The summed E-state index contributed by atoms with van der Waals surface area (Å²) < 4.78 is 11.9. The Morgan fingerprint density at radius 2 is 1.14 bits per heavy atom. The molecule has 0 atom stereocenters. The Bertz CT molecular complexity index is 3010. The molecular weight excluding hydrogens is 597 g/mol. The van der Waals surface area contributed by atoms with E-state index < -0.39 is 0 Å². The molecule has 10 aromatic rings. The van der Waals surface area contributed by atoms with Crippen LogP contribution in [0.4, 0.5) is 17.1 Å². The molecule has 49 heavy (non-hydrogen) atoms. The lowest BCUT2D eigenvalue weighted by Gasteiger charge is -2.37. The van der Waals surface area contributed by atoms with Crippen LogP contribution in [0.25, 0.3) is 66.0 Å². The molecule has 0 saturated carbocycles. The van der Waals surface area contributed by atoms with E-state index in [4.69, 9.17) is 4.42 Å². The minimum absolute atomic E-state index is 0.0513. The lowest BCUT2D eigenvalue weighted by atomic mass is 9.36. The Kier molecular flexibility index (Phi) is 4.77. The second kappa shape index (κ2) is 9.12. The highest BCUT2D eigenvalue weighted by Crippen LogP contribution is 2.46. The largest absolute Gasteiger partial charge is 0.468 e. The van der Waals surface area contributed by atoms with Crippen molar-refractivity contribution in [3.8, 4) is 11.4 Å². The number of fused-ring (bicyclic) bond motifs is 13. The van der Waals surface area contributed by atoms with E-state index in [0.717, 1.165) is 33.7 Å². The minimum atomic E-state index is -0.0513. The van der Waals surface area contributed by atoms with Gasteiger partial charge in [0, 0.05) is 55.2 Å². The highest BCUT2D eigenvalue weighted by Gasteiger charge is 2.45. The summed E-state index contributed by atoms with van der Waals surface area (Å²) in [6.45, 7) is -0.0513. The van der Waals surface area contributed by atoms with Gasteiger partial charge in [0.25, 0.3) is 6.71 Å². The van der Waals surface area contributed by atoms with Crippen LogP contribution >= 0.6 is 0 Å². The summed E-state index contributed by atoms with van der Waals surface area (Å²) in [4.78, 5) is 2.42. The molecule has 3 aromatic heterocycles. The zero-order valence-corrected chi connectivity index (χ0v) is 26.3. The molecule has 0 saturated heterocycles. The highest BCUT2D eigenvalue weighted by atomic mass is 16.3. The smallest absolute Gasteiger partial charge is 0.297 e. The third-order valence-electron chi connectivity index (χ3n) is 10.9. The van der Waals surface area contributed by atoms with Crippen LogP contribution in [0.2, 0.25) is 0 Å². The van der Waals surface area contributed by atoms with Crippen molar-refractivity contribution in [1.29, 1.82) is 0 Å². The van der Waals surface area contributed by atoms with Crippen LogP contribution in [0, 0.1) is 0 Å². The van der Waals surface area contributed by atoms with Gasteiger partial charge in [-0.1, -0.05) is 97.1 Å². The van der Waals surface area contributed by atoms with Gasteiger partial charge in [0.05, 0.1) is 27.9 Å². The van der Waals surface area contributed by atoms with Gasteiger partial charge in [-0.15, -0.1) is 0 Å². The molecule has 0 aliphatic carbocycles. The zero-order valence-electron chi connectivity index (χ0n) is 26.3. The summed E-state index contributed by atoms with van der Waals surface area (Å²) in [6.07, 6.45) is 0. The molecule has 2 aliphatic heterocycles. The molecule has 5 heterocycles. The number of rotatable bonds is 2. The molecular formula is C44H26BN3O. The predicted octanol–water partition coefficient (Wildman–Crippen LogP) is 9.24. The molecule has 7 aromatic carbocycles. The summed E-state index contributed by atoms with van der Waals surface area (Å²) in [5.41, 5.74) is 15.2. The molecule has 5 heteroatoms. The van der Waals surface area contributed by atoms with Crippen LogP contribution in [0.15, 0.2) is 162 Å². The Balaban J connectivity index is 1.28. The number of furan rings is 1. The van der Waals surface area contributed by atoms with Crippen LogP contribution in [0.3, 0.4) is 0 Å². The SMILES string of the molecule is c1ccc(N2c3cccc4c3B(c3oc5ccccc5c32)c2cccc3c5c(ccc6c7ccccc7n(-c7ccccc7)c65)n-4c23)cc1. The van der Waals surface area contributed by atoms with E-state index in [1.165, 1.54) is 65.9 Å². The lowest BCUT2D eigenvalue weighted by molar-refractivity contribution is 0.651. The quantitative estimate of drug-likeness (QED) is 0.180. The number of anilines is 3. The number of aromatic nitrogens is 2. The van der Waals surface area contributed by atoms with Gasteiger partial charge in [0.2, 0.25) is 0 Å². The maximum Gasteiger partial charge on any atom is 0.297 e. The molecule has 0 N–H and O–H groups in total. The van der Waals surface area contributed by atoms with E-state index in [1.54, 1.807) is 0 Å². The first kappa shape index (κ1) is 25.6. The lowest BCUT2D eigenvalue weighted by Crippen LogP contribution is -2.59. The molecule has 0 unspecified atom stereocenters. The standard InChI is InChI=1S/C44H26BN3O/c1-3-13-27(14-4-1)46-34-21-9-7-17-29(34)30-25-26-35-39(42(30)46)32-19-11-20-33-41(32)48(35)37-23-12-22-36-40(37)45(33)44-43(31-18-8-10-24-38(31)49-44)47(36)28-15-5-2-6-16-28/h1-26H. The summed E-state index contributed by atoms with van der Waals surface area (Å²) in [5, 5.41) is 6.19. The molecule has 0 radical (unpaired) electrons. The summed E-state index contributed by atoms with van der Waals surface area (Å²) in [6, 6.07) is 57.2. The van der Waals surface area contributed by atoms with Gasteiger partial charge in [0.1, 0.15) is 5.58 Å². The fourth-order valence-corrected chi connectivity index (χ4v) is 9.06. The highest BCUT2D eigenvalue weighted by molar-refractivity contribution is 7.00. The number of hydrogen-bond acceptors (Lipinski definition) is 2. The first-order valence-corrected chi connectivity index (χ1v) is 16.9. The van der Waals surface area contributed by atoms with Gasteiger partial charge in [0.15, 0.2) is 0 Å². The van der Waals surface area contributed by atoms with Crippen LogP contribution in [-0.4, -0.2) is 15.8 Å². The van der Waals surface area contributed by atoms with E-state index in [1.807, 2.05) is 0 Å². The molecule has 226 valence electrons. The second-order valence-electron chi connectivity index (χ2n) is 13.2. The zero-order chi connectivity index (χ0) is 31.8. The molecule has 4 nitrogen and oxygen atoms in total. The predicted molar refractivity (Wildman–Crippen MR) is 204 cm³/mol. The van der Waals surface area contributed by atoms with Crippen molar-refractivity contribution in [2.24, 2.45) is 0 Å². The molecule has 0 spiro atoms. The number of hydrogen-bond donors (Lipinski definition) is 0. The van der Waals surface area contributed by atoms with E-state index in [2.05, 4.69) is 172 Å². The van der Waals surface area contributed by atoms with Crippen LogP contribution in [-0.2, 0) is 0 Å². The number of para-hydroxylation sites is 5. The summed E-state index contributed by atoms with van der Waals surface area (Å²) >= 11 is 0. The Hall–Kier alpha value is -6.46. The van der Waals surface area contributed by atoms with Gasteiger partial charge in [-0.25, -0.2) is 0 Å². The minimum Gasteiger partial charge on any atom is -0.468 e. The van der Waals surface area contributed by atoms with Crippen molar-refractivity contribution < 1.29 is 4.42 Å². The topological polar surface area (TPSA) is 26.2 Å². The maximum atomic E-state index is 6.94. The van der Waals surface area contributed by atoms with Crippen LogP contribution < -0.4 is 21.5 Å². The fraction of sp³-hybridized carbons (Fsp3) is 0. The number of benzene rings is 7. The van der Waals surface area contributed by atoms with Crippen molar-refractivity contribution >= 4 is 94.9 Å². The van der Waals surface area contributed by atoms with Crippen molar-refractivity contribution in [3.63, 3.8) is 0 Å². The maximum absolute atomic E-state index is 6.94. The Morgan fingerprint density at radius 1 is 0.449 bits per heavy atom. The van der Waals surface area contributed by atoms with Crippen LogP contribution in [0.5, 0.6) is 0 Å². The third kappa shape index (κ3) is 3.11. The molecule has 2 aliphatic rings. The molecule has 0 bridgehead atoms. The van der Waals surface area contributed by atoms with E-state index in [-0.39, 0.29) is 6.71 Å². The third-order valence-corrected chi connectivity index (χ3v) is 10.9. The van der Waals surface area contributed by atoms with E-state index in [9.17, 15) is 0 Å². The van der Waals surface area contributed by atoms with E-state index in [0.29, 0.717) is 0 Å². The van der Waals surface area contributed by atoms with Crippen molar-refractivity contribution in [2.45, 2.75) is 0 Å². The Labute approximate surface area is 281 Å². The van der Waals surface area contributed by atoms with Gasteiger partial charge >= 0.3 is 0 Å². The van der Waals surface area contributed by atoms with Crippen LogP contribution in [0.1, 0.15) is 0 Å². The molecule has 12 rings (SSSR count).